The van der Waals surface area contributed by atoms with Gasteiger partial charge in [-0.2, -0.15) is 0 Å². The predicted octanol–water partition coefficient (Wildman–Crippen LogP) is 2.49. The van der Waals surface area contributed by atoms with Crippen LogP contribution in [0, 0.1) is 0 Å². The van der Waals surface area contributed by atoms with Crippen LogP contribution in [-0.4, -0.2) is 15.4 Å². The summed E-state index contributed by atoms with van der Waals surface area (Å²) in [5.41, 5.74) is 0.163. The molecule has 0 amide bonds. The first-order valence-corrected chi connectivity index (χ1v) is 6.34. The normalized spacial score (nSPS) is 13.1. The average Bonchev–Trinajstić information content (AvgIpc) is 1.87. The molecule has 0 bridgehead atoms. The van der Waals surface area contributed by atoms with Crippen LogP contribution < -0.4 is 0 Å². The van der Waals surface area contributed by atoms with E-state index >= 15 is 0 Å². The van der Waals surface area contributed by atoms with Gasteiger partial charge in [-0.15, -0.1) is 0 Å². The summed E-state index contributed by atoms with van der Waals surface area (Å²) < 4.78 is 5.85. The van der Waals surface area contributed by atoms with Gasteiger partial charge >= 0.3 is 0 Å². The zero-order valence-electron chi connectivity index (χ0n) is 8.44. The van der Waals surface area contributed by atoms with Gasteiger partial charge in [-0.3, -0.25) is 0 Å². The second kappa shape index (κ2) is 5.78. The lowest BCUT2D eigenvalue weighted by molar-refractivity contribution is 0.104. The first-order chi connectivity index (χ1) is 5.12. The van der Waals surface area contributed by atoms with Crippen molar-refractivity contribution in [2.45, 2.75) is 58.6 Å². The van der Waals surface area contributed by atoms with Gasteiger partial charge in [0.25, 0.3) is 0 Å². The maximum atomic E-state index is 5.85. The van der Waals surface area contributed by atoms with Crippen molar-refractivity contribution in [3.05, 3.63) is 0 Å². The molecule has 1 nitrogen and oxygen atoms in total. The minimum atomic E-state index is -0.213. The van der Waals surface area contributed by atoms with Gasteiger partial charge in [-0.05, 0) is 26.3 Å². The molecule has 0 aromatic heterocycles. The van der Waals surface area contributed by atoms with Gasteiger partial charge in [0.05, 0.1) is 0 Å². The van der Waals surface area contributed by atoms with Crippen molar-refractivity contribution < 1.29 is 4.43 Å². The highest BCUT2D eigenvalue weighted by molar-refractivity contribution is 6.27. The fourth-order valence-corrected chi connectivity index (χ4v) is 2.30. The Morgan fingerprint density at radius 3 is 2.27 bits per heavy atom. The molecule has 0 aliphatic carbocycles. The van der Waals surface area contributed by atoms with E-state index in [0.717, 1.165) is 0 Å². The van der Waals surface area contributed by atoms with Crippen LogP contribution in [-0.2, 0) is 4.43 Å². The molecule has 0 aliphatic heterocycles. The van der Waals surface area contributed by atoms with Gasteiger partial charge in [0, 0.05) is 5.60 Å². The molecule has 0 fully saturated rings. The lowest BCUT2D eigenvalue weighted by Crippen LogP contribution is -2.25. The third-order valence-corrected chi connectivity index (χ3v) is 3.82. The van der Waals surface area contributed by atoms with Crippen LogP contribution in [0.5, 0.6) is 0 Å². The van der Waals surface area contributed by atoms with Crippen molar-refractivity contribution in [2.75, 3.05) is 0 Å². The third-order valence-electron chi connectivity index (χ3n) is 1.84. The van der Waals surface area contributed by atoms with Crippen molar-refractivity contribution >= 4 is 9.76 Å². The maximum absolute atomic E-state index is 5.85. The summed E-state index contributed by atoms with van der Waals surface area (Å²) in [7, 11) is -0.213. The van der Waals surface area contributed by atoms with Gasteiger partial charge < -0.3 is 4.43 Å². The molecule has 0 rings (SSSR count). The highest BCUT2D eigenvalue weighted by atomic mass is 28.2. The van der Waals surface area contributed by atoms with Crippen molar-refractivity contribution in [2.24, 2.45) is 0 Å². The Labute approximate surface area is 73.5 Å². The summed E-state index contributed by atoms with van der Waals surface area (Å²) in [4.78, 5) is 0. The summed E-state index contributed by atoms with van der Waals surface area (Å²) in [6, 6.07) is 1.33. The SMILES string of the molecule is CCC[SiH2]OC(C)(C)CCC. The third kappa shape index (κ3) is 6.57. The number of hydrogen-bond donors (Lipinski definition) is 0. The van der Waals surface area contributed by atoms with Crippen molar-refractivity contribution in [3.8, 4) is 0 Å². The second-order valence-corrected chi connectivity index (χ2v) is 5.12. The average molecular weight is 174 g/mol. The summed E-state index contributed by atoms with van der Waals surface area (Å²) in [6.07, 6.45) is 3.71. The lowest BCUT2D eigenvalue weighted by atomic mass is 10.0. The van der Waals surface area contributed by atoms with Crippen LogP contribution in [0.2, 0.25) is 6.04 Å². The lowest BCUT2D eigenvalue weighted by Gasteiger charge is -2.25. The Kier molecular flexibility index (Phi) is 5.87. The Morgan fingerprint density at radius 2 is 1.82 bits per heavy atom. The molecule has 0 radical (unpaired) electrons. The van der Waals surface area contributed by atoms with Crippen LogP contribution in [0.25, 0.3) is 0 Å². The molecule has 0 heterocycles. The maximum Gasteiger partial charge on any atom is 0.162 e. The minimum absolute atomic E-state index is 0.163. The molecule has 0 saturated heterocycles. The van der Waals surface area contributed by atoms with Crippen LogP contribution in [0.15, 0.2) is 0 Å². The summed E-state index contributed by atoms with van der Waals surface area (Å²) >= 11 is 0. The van der Waals surface area contributed by atoms with Gasteiger partial charge in [0.15, 0.2) is 9.76 Å². The molecule has 0 unspecified atom stereocenters. The number of hydrogen-bond acceptors (Lipinski definition) is 1. The van der Waals surface area contributed by atoms with E-state index in [1.807, 2.05) is 0 Å². The van der Waals surface area contributed by atoms with Gasteiger partial charge in [0.1, 0.15) is 0 Å². The standard InChI is InChI=1S/C9H22OSi/c1-5-7-9(3,4)10-11-8-6-2/h5-8,11H2,1-4H3. The molecular weight excluding hydrogens is 152 g/mol. The zero-order valence-corrected chi connectivity index (χ0v) is 9.86. The molecule has 0 aromatic carbocycles. The quantitative estimate of drug-likeness (QED) is 0.444. The Hall–Kier alpha value is 0.177. The highest BCUT2D eigenvalue weighted by Gasteiger charge is 2.15. The number of rotatable bonds is 6. The van der Waals surface area contributed by atoms with Crippen molar-refractivity contribution in [3.63, 3.8) is 0 Å². The minimum Gasteiger partial charge on any atom is -0.419 e. The Balaban J connectivity index is 3.38. The second-order valence-electron chi connectivity index (χ2n) is 3.71. The van der Waals surface area contributed by atoms with Crippen molar-refractivity contribution in [1.82, 2.24) is 0 Å². The molecule has 0 saturated carbocycles. The Morgan fingerprint density at radius 1 is 1.18 bits per heavy atom. The zero-order chi connectivity index (χ0) is 8.74. The molecule has 0 atom stereocenters. The van der Waals surface area contributed by atoms with E-state index in [2.05, 4.69) is 27.7 Å². The van der Waals surface area contributed by atoms with Crippen LogP contribution in [0.3, 0.4) is 0 Å². The summed E-state index contributed by atoms with van der Waals surface area (Å²) in [5.74, 6) is 0. The van der Waals surface area contributed by atoms with Crippen LogP contribution in [0.1, 0.15) is 47.0 Å². The summed E-state index contributed by atoms with van der Waals surface area (Å²) in [5, 5.41) is 0. The van der Waals surface area contributed by atoms with E-state index in [1.165, 1.54) is 25.3 Å². The summed E-state index contributed by atoms with van der Waals surface area (Å²) in [6.45, 7) is 8.86. The fraction of sp³-hybridized carbons (Fsp3) is 1.00. The first-order valence-electron chi connectivity index (χ1n) is 4.76. The van der Waals surface area contributed by atoms with Gasteiger partial charge in [-0.1, -0.05) is 26.7 Å². The molecule has 0 aliphatic rings. The smallest absolute Gasteiger partial charge is 0.162 e. The molecule has 2 heteroatoms. The van der Waals surface area contributed by atoms with Gasteiger partial charge in [0.2, 0.25) is 0 Å². The van der Waals surface area contributed by atoms with Crippen LogP contribution >= 0.6 is 0 Å². The topological polar surface area (TPSA) is 9.23 Å². The van der Waals surface area contributed by atoms with E-state index in [1.54, 1.807) is 0 Å². The van der Waals surface area contributed by atoms with Crippen LogP contribution in [0.4, 0.5) is 0 Å². The molecule has 0 spiro atoms. The largest absolute Gasteiger partial charge is 0.419 e. The molecule has 0 aromatic rings. The van der Waals surface area contributed by atoms with E-state index in [-0.39, 0.29) is 15.4 Å². The molecule has 68 valence electrons. The molecule has 0 N–H and O–H groups in total. The van der Waals surface area contributed by atoms with E-state index in [0.29, 0.717) is 0 Å². The Bertz CT molecular complexity index is 91.6. The van der Waals surface area contributed by atoms with E-state index in [4.69, 9.17) is 4.43 Å². The van der Waals surface area contributed by atoms with Gasteiger partial charge in [-0.25, -0.2) is 0 Å². The van der Waals surface area contributed by atoms with Crippen molar-refractivity contribution in [1.29, 1.82) is 0 Å². The van der Waals surface area contributed by atoms with E-state index in [9.17, 15) is 0 Å². The predicted molar refractivity (Wildman–Crippen MR) is 53.7 cm³/mol. The highest BCUT2D eigenvalue weighted by Crippen LogP contribution is 2.15. The molecule has 11 heavy (non-hydrogen) atoms. The molecular formula is C9H22OSi. The van der Waals surface area contributed by atoms with E-state index < -0.39 is 0 Å². The fourth-order valence-electron chi connectivity index (χ4n) is 1.17. The monoisotopic (exact) mass is 174 g/mol. The first kappa shape index (κ1) is 11.2.